The van der Waals surface area contributed by atoms with Gasteiger partial charge in [0.05, 0.1) is 17.4 Å². The molecule has 0 bridgehead atoms. The third-order valence-electron chi connectivity index (χ3n) is 6.29. The molecule has 1 heterocycles. The molecule has 2 fully saturated rings. The molecule has 0 aromatic rings. The first kappa shape index (κ1) is 18.6. The molecule has 2 aliphatic carbocycles. The number of carbonyl (C=O) groups excluding carboxylic acids is 3. The van der Waals surface area contributed by atoms with Crippen LogP contribution >= 0.6 is 0 Å². The van der Waals surface area contributed by atoms with Gasteiger partial charge in [-0.15, -0.1) is 0 Å². The van der Waals surface area contributed by atoms with E-state index < -0.39 is 41.6 Å². The molecular formula is C20H24O6. The number of fused-ring (bicyclic) bond motifs is 2. The van der Waals surface area contributed by atoms with Gasteiger partial charge in [0.1, 0.15) is 12.2 Å². The largest absolute Gasteiger partial charge is 0.457 e. The highest BCUT2D eigenvalue weighted by molar-refractivity contribution is 5.99. The number of aliphatic hydroxyl groups excluding tert-OH is 1. The van der Waals surface area contributed by atoms with Crippen LogP contribution in [0.15, 0.2) is 36.0 Å². The van der Waals surface area contributed by atoms with Crippen molar-refractivity contribution in [2.45, 2.75) is 46.0 Å². The van der Waals surface area contributed by atoms with Crippen molar-refractivity contribution in [3.05, 3.63) is 36.0 Å². The number of carbonyl (C=O) groups is 3. The molecule has 0 spiro atoms. The van der Waals surface area contributed by atoms with E-state index in [9.17, 15) is 19.5 Å². The topological polar surface area (TPSA) is 89.9 Å². The Balaban J connectivity index is 2.14. The molecule has 0 amide bonds. The van der Waals surface area contributed by atoms with Gasteiger partial charge >= 0.3 is 11.9 Å². The molecule has 7 atom stereocenters. The van der Waals surface area contributed by atoms with Gasteiger partial charge in [0, 0.05) is 11.1 Å². The molecule has 0 aromatic heterocycles. The van der Waals surface area contributed by atoms with Gasteiger partial charge in [-0.1, -0.05) is 25.7 Å². The average Bonchev–Trinajstić information content (AvgIpc) is 3.06. The van der Waals surface area contributed by atoms with Gasteiger partial charge in [0.25, 0.3) is 0 Å². The number of hydrogen-bond donors (Lipinski definition) is 1. The molecule has 6 nitrogen and oxygen atoms in total. The number of hydrogen-bond acceptors (Lipinski definition) is 6. The quantitative estimate of drug-likeness (QED) is 0.596. The average molecular weight is 360 g/mol. The summed E-state index contributed by atoms with van der Waals surface area (Å²) in [4.78, 5) is 37.4. The first-order valence-electron chi connectivity index (χ1n) is 8.79. The number of esters is 2. The highest BCUT2D eigenvalue weighted by Gasteiger charge is 2.64. The molecule has 1 saturated heterocycles. The minimum absolute atomic E-state index is 0.124. The van der Waals surface area contributed by atoms with Gasteiger partial charge in [-0.2, -0.15) is 0 Å². The summed E-state index contributed by atoms with van der Waals surface area (Å²) in [5, 5.41) is 10.8. The monoisotopic (exact) mass is 360 g/mol. The molecule has 0 aromatic carbocycles. The summed E-state index contributed by atoms with van der Waals surface area (Å²) in [6.07, 6.45) is 2.00. The van der Waals surface area contributed by atoms with E-state index in [1.165, 1.54) is 6.08 Å². The molecule has 6 heteroatoms. The van der Waals surface area contributed by atoms with Crippen LogP contribution in [0.3, 0.4) is 0 Å². The van der Waals surface area contributed by atoms with Crippen molar-refractivity contribution in [2.75, 3.05) is 0 Å². The van der Waals surface area contributed by atoms with E-state index in [4.69, 9.17) is 9.47 Å². The highest BCUT2D eigenvalue weighted by atomic mass is 16.6. The Morgan fingerprint density at radius 2 is 2.08 bits per heavy atom. The Kier molecular flexibility index (Phi) is 4.43. The number of allylic oxidation sites excluding steroid dienone is 3. The number of ketones is 1. The van der Waals surface area contributed by atoms with E-state index >= 15 is 0 Å². The van der Waals surface area contributed by atoms with Crippen LogP contribution in [0.25, 0.3) is 0 Å². The van der Waals surface area contributed by atoms with Crippen LogP contribution in [0, 0.1) is 23.2 Å². The fraction of sp³-hybridized carbons (Fsp3) is 0.550. The van der Waals surface area contributed by atoms with Crippen molar-refractivity contribution >= 4 is 17.7 Å². The van der Waals surface area contributed by atoms with Gasteiger partial charge in [-0.25, -0.2) is 9.59 Å². The molecule has 1 N–H and O–H groups in total. The second kappa shape index (κ2) is 6.20. The highest BCUT2D eigenvalue weighted by Crippen LogP contribution is 2.54. The van der Waals surface area contributed by atoms with Gasteiger partial charge in [-0.3, -0.25) is 4.79 Å². The fourth-order valence-corrected chi connectivity index (χ4v) is 4.44. The molecular weight excluding hydrogens is 336 g/mol. The van der Waals surface area contributed by atoms with E-state index in [-0.39, 0.29) is 23.2 Å². The third kappa shape index (κ3) is 2.39. The normalized spacial score (nSPS) is 42.2. The lowest BCUT2D eigenvalue weighted by molar-refractivity contribution is -0.161. The SMILES string of the molecule is C=C1C(=O)O[C@@H]2[C@H](O)[C@@H](C)[C@@H]3C=CC(=O)[C@@]3(C)C(OC(=O)/C(C)=C/C)[C@H]12. The van der Waals surface area contributed by atoms with Crippen LogP contribution in [0.5, 0.6) is 0 Å². The lowest BCUT2D eigenvalue weighted by Crippen LogP contribution is -2.49. The van der Waals surface area contributed by atoms with Gasteiger partial charge in [0.15, 0.2) is 5.78 Å². The van der Waals surface area contributed by atoms with Crippen LogP contribution in [0.4, 0.5) is 0 Å². The predicted molar refractivity (Wildman–Crippen MR) is 92.7 cm³/mol. The van der Waals surface area contributed by atoms with Crippen molar-refractivity contribution in [3.8, 4) is 0 Å². The van der Waals surface area contributed by atoms with Crippen molar-refractivity contribution in [1.82, 2.24) is 0 Å². The lowest BCUT2D eigenvalue weighted by Gasteiger charge is -2.39. The molecule has 26 heavy (non-hydrogen) atoms. The number of ether oxygens (including phenoxy) is 2. The lowest BCUT2D eigenvalue weighted by atomic mass is 9.67. The second-order valence-electron chi connectivity index (χ2n) is 7.60. The summed E-state index contributed by atoms with van der Waals surface area (Å²) >= 11 is 0. The van der Waals surface area contributed by atoms with Crippen LogP contribution in [-0.4, -0.2) is 41.1 Å². The zero-order chi connectivity index (χ0) is 19.4. The van der Waals surface area contributed by atoms with E-state index in [2.05, 4.69) is 6.58 Å². The van der Waals surface area contributed by atoms with Crippen molar-refractivity contribution in [3.63, 3.8) is 0 Å². The standard InChI is InChI=1S/C20H24O6/c1-6-9(2)18(23)26-17-14-11(4)19(24)25-16(14)15(22)10(3)12-7-8-13(21)20(12,17)5/h6-8,10,12,14-17,22H,4H2,1-3,5H3/b9-6+/t10-,12-,14+,15+,16-,17?,20-/m0/s1. The minimum atomic E-state index is -1.10. The second-order valence-corrected chi connectivity index (χ2v) is 7.60. The first-order chi connectivity index (χ1) is 12.1. The summed E-state index contributed by atoms with van der Waals surface area (Å²) in [5.74, 6) is -2.86. The van der Waals surface area contributed by atoms with E-state index in [1.807, 2.05) is 6.92 Å². The molecule has 1 saturated carbocycles. The van der Waals surface area contributed by atoms with Crippen LogP contribution in [0.2, 0.25) is 0 Å². The zero-order valence-electron chi connectivity index (χ0n) is 15.4. The summed E-state index contributed by atoms with van der Waals surface area (Å²) in [7, 11) is 0. The van der Waals surface area contributed by atoms with Crippen LogP contribution < -0.4 is 0 Å². The zero-order valence-corrected chi connectivity index (χ0v) is 15.4. The molecule has 3 aliphatic rings. The van der Waals surface area contributed by atoms with Crippen LogP contribution in [-0.2, 0) is 23.9 Å². The maximum absolute atomic E-state index is 12.8. The molecule has 140 valence electrons. The Morgan fingerprint density at radius 3 is 2.69 bits per heavy atom. The molecule has 3 rings (SSSR count). The first-order valence-corrected chi connectivity index (χ1v) is 8.79. The van der Waals surface area contributed by atoms with E-state index in [0.717, 1.165) is 0 Å². The summed E-state index contributed by atoms with van der Waals surface area (Å²) in [6.45, 7) is 10.7. The Labute approximate surface area is 152 Å². The Bertz CT molecular complexity index is 747. The fourth-order valence-electron chi connectivity index (χ4n) is 4.44. The molecule has 1 aliphatic heterocycles. The smallest absolute Gasteiger partial charge is 0.334 e. The maximum Gasteiger partial charge on any atom is 0.334 e. The Hall–Kier alpha value is -2.21. The predicted octanol–water partition coefficient (Wildman–Crippen LogP) is 1.73. The van der Waals surface area contributed by atoms with Gasteiger partial charge in [-0.05, 0) is 38.7 Å². The van der Waals surface area contributed by atoms with E-state index in [1.54, 1.807) is 32.9 Å². The molecule has 1 unspecified atom stereocenters. The van der Waals surface area contributed by atoms with Gasteiger partial charge < -0.3 is 14.6 Å². The van der Waals surface area contributed by atoms with Crippen LogP contribution in [0.1, 0.15) is 27.7 Å². The number of aliphatic hydroxyl groups is 1. The van der Waals surface area contributed by atoms with Gasteiger partial charge in [0.2, 0.25) is 0 Å². The summed E-state index contributed by atoms with van der Waals surface area (Å²) in [5.41, 5.74) is -0.576. The van der Waals surface area contributed by atoms with Crippen molar-refractivity contribution in [2.24, 2.45) is 23.2 Å². The maximum atomic E-state index is 12.8. The van der Waals surface area contributed by atoms with Crippen molar-refractivity contribution in [1.29, 1.82) is 0 Å². The number of rotatable bonds is 2. The molecule has 0 radical (unpaired) electrons. The minimum Gasteiger partial charge on any atom is -0.457 e. The Morgan fingerprint density at radius 1 is 1.42 bits per heavy atom. The summed E-state index contributed by atoms with van der Waals surface area (Å²) in [6, 6.07) is 0. The third-order valence-corrected chi connectivity index (χ3v) is 6.29. The summed E-state index contributed by atoms with van der Waals surface area (Å²) < 4.78 is 11.1. The van der Waals surface area contributed by atoms with Crippen molar-refractivity contribution < 1.29 is 29.0 Å². The van der Waals surface area contributed by atoms with E-state index in [0.29, 0.717) is 5.57 Å².